The van der Waals surface area contributed by atoms with E-state index in [9.17, 15) is 5.11 Å². The molecular weight excluding hydrogens is 230 g/mol. The van der Waals surface area contributed by atoms with Crippen LogP contribution in [0.4, 0.5) is 0 Å². The summed E-state index contributed by atoms with van der Waals surface area (Å²) in [6.07, 6.45) is 3.83. The lowest BCUT2D eigenvalue weighted by Crippen LogP contribution is -2.43. The van der Waals surface area contributed by atoms with Gasteiger partial charge in [0.2, 0.25) is 0 Å². The molecule has 4 heteroatoms. The number of aromatic nitrogens is 1. The first-order valence-corrected chi connectivity index (χ1v) is 6.12. The fourth-order valence-electron chi connectivity index (χ4n) is 2.85. The van der Waals surface area contributed by atoms with Crippen LogP contribution in [0.25, 0.3) is 0 Å². The first-order valence-electron chi connectivity index (χ1n) is 6.12. The van der Waals surface area contributed by atoms with Crippen molar-refractivity contribution < 1.29 is 14.6 Å². The average molecular weight is 251 g/mol. The molecule has 2 rings (SSSR count). The zero-order chi connectivity index (χ0) is 13.6. The van der Waals surface area contributed by atoms with E-state index < -0.39 is 11.2 Å². The Labute approximate surface area is 108 Å². The van der Waals surface area contributed by atoms with Crippen LogP contribution in [0.2, 0.25) is 0 Å². The number of nitrogens with zero attached hydrogens (tertiary/aromatic N) is 1. The maximum atomic E-state index is 11.0. The van der Waals surface area contributed by atoms with Crippen molar-refractivity contribution in [3.8, 4) is 5.75 Å². The summed E-state index contributed by atoms with van der Waals surface area (Å²) in [5, 5.41) is 11.0. The smallest absolute Gasteiger partial charge is 0.137 e. The Balaban J connectivity index is 2.47. The van der Waals surface area contributed by atoms with Gasteiger partial charge in [-0.15, -0.1) is 0 Å². The highest BCUT2D eigenvalue weighted by Gasteiger charge is 2.57. The Bertz CT molecular complexity index is 456. The Morgan fingerprint density at radius 1 is 1.28 bits per heavy atom. The van der Waals surface area contributed by atoms with Crippen LogP contribution in [0.15, 0.2) is 18.5 Å². The lowest BCUT2D eigenvalue weighted by atomic mass is 9.78. The van der Waals surface area contributed by atoms with Crippen LogP contribution in [0, 0.1) is 0 Å². The standard InChI is InChI=1S/C14H21NO3/c1-12(2)9-14(16,13(3,4)18-12)10-6-11(17-5)8-15-7-10/h6-8,16H,9H2,1-5H3. The van der Waals surface area contributed by atoms with Crippen LogP contribution in [-0.2, 0) is 10.3 Å². The number of aliphatic hydroxyl groups is 1. The Kier molecular flexibility index (Phi) is 2.91. The van der Waals surface area contributed by atoms with E-state index in [1.165, 1.54) is 0 Å². The maximum absolute atomic E-state index is 11.0. The number of rotatable bonds is 2. The summed E-state index contributed by atoms with van der Waals surface area (Å²) in [7, 11) is 1.59. The maximum Gasteiger partial charge on any atom is 0.137 e. The van der Waals surface area contributed by atoms with Crippen molar-refractivity contribution in [1.29, 1.82) is 0 Å². The van der Waals surface area contributed by atoms with Crippen molar-refractivity contribution >= 4 is 0 Å². The largest absolute Gasteiger partial charge is 0.495 e. The molecule has 2 heterocycles. The van der Waals surface area contributed by atoms with Crippen molar-refractivity contribution in [3.63, 3.8) is 0 Å². The summed E-state index contributed by atoms with van der Waals surface area (Å²) in [6, 6.07) is 1.82. The van der Waals surface area contributed by atoms with E-state index in [1.807, 2.05) is 33.8 Å². The van der Waals surface area contributed by atoms with Gasteiger partial charge in [0.15, 0.2) is 0 Å². The van der Waals surface area contributed by atoms with E-state index in [2.05, 4.69) is 4.98 Å². The predicted molar refractivity (Wildman–Crippen MR) is 68.5 cm³/mol. The molecule has 0 saturated carbocycles. The van der Waals surface area contributed by atoms with Crippen molar-refractivity contribution in [2.24, 2.45) is 0 Å². The first kappa shape index (κ1) is 13.3. The Morgan fingerprint density at radius 3 is 2.44 bits per heavy atom. The second-order valence-electron chi connectivity index (χ2n) is 6.02. The van der Waals surface area contributed by atoms with Crippen LogP contribution in [0.3, 0.4) is 0 Å². The van der Waals surface area contributed by atoms with Crippen LogP contribution < -0.4 is 4.74 Å². The van der Waals surface area contributed by atoms with Crippen molar-refractivity contribution in [2.45, 2.75) is 50.9 Å². The average Bonchev–Trinajstić information content (AvgIpc) is 2.43. The SMILES string of the molecule is COc1cncc(C2(O)CC(C)(C)OC2(C)C)c1. The van der Waals surface area contributed by atoms with Crippen LogP contribution >= 0.6 is 0 Å². The molecule has 1 unspecified atom stereocenters. The molecule has 0 bridgehead atoms. The molecule has 1 aromatic rings. The highest BCUT2D eigenvalue weighted by atomic mass is 16.5. The monoisotopic (exact) mass is 251 g/mol. The highest BCUT2D eigenvalue weighted by molar-refractivity contribution is 5.32. The molecule has 1 aromatic heterocycles. The fraction of sp³-hybridized carbons (Fsp3) is 0.643. The quantitative estimate of drug-likeness (QED) is 0.876. The van der Waals surface area contributed by atoms with Crippen molar-refractivity contribution in [2.75, 3.05) is 7.11 Å². The molecule has 18 heavy (non-hydrogen) atoms. The Hall–Kier alpha value is -1.13. The zero-order valence-corrected chi connectivity index (χ0v) is 11.7. The van der Waals surface area contributed by atoms with Crippen molar-refractivity contribution in [3.05, 3.63) is 24.0 Å². The van der Waals surface area contributed by atoms with Gasteiger partial charge in [0.25, 0.3) is 0 Å². The second kappa shape index (κ2) is 3.93. The van der Waals surface area contributed by atoms with Gasteiger partial charge in [0.1, 0.15) is 11.4 Å². The van der Waals surface area contributed by atoms with E-state index in [0.717, 1.165) is 5.56 Å². The van der Waals surface area contributed by atoms with Gasteiger partial charge in [0, 0.05) is 18.2 Å². The van der Waals surface area contributed by atoms with Gasteiger partial charge < -0.3 is 14.6 Å². The van der Waals surface area contributed by atoms with Crippen molar-refractivity contribution in [1.82, 2.24) is 4.98 Å². The topological polar surface area (TPSA) is 51.6 Å². The highest BCUT2D eigenvalue weighted by Crippen LogP contribution is 2.50. The Morgan fingerprint density at radius 2 is 1.94 bits per heavy atom. The van der Waals surface area contributed by atoms with Crippen LogP contribution in [0.5, 0.6) is 5.75 Å². The van der Waals surface area contributed by atoms with Crippen LogP contribution in [0.1, 0.15) is 39.7 Å². The summed E-state index contributed by atoms with van der Waals surface area (Å²) in [6.45, 7) is 7.78. The minimum atomic E-state index is -1.06. The molecule has 100 valence electrons. The molecular formula is C14H21NO3. The van der Waals surface area contributed by atoms with E-state index in [1.54, 1.807) is 19.5 Å². The predicted octanol–water partition coefficient (Wildman–Crippen LogP) is 2.26. The molecule has 1 aliphatic rings. The lowest BCUT2D eigenvalue weighted by Gasteiger charge is -2.35. The third-order valence-corrected chi connectivity index (χ3v) is 3.64. The second-order valence-corrected chi connectivity index (χ2v) is 6.02. The molecule has 1 saturated heterocycles. The summed E-state index contributed by atoms with van der Waals surface area (Å²) >= 11 is 0. The number of methoxy groups -OCH3 is 1. The number of ether oxygens (including phenoxy) is 2. The van der Waals surface area contributed by atoms with E-state index in [-0.39, 0.29) is 5.60 Å². The minimum Gasteiger partial charge on any atom is -0.495 e. The normalized spacial score (nSPS) is 29.2. The van der Waals surface area contributed by atoms with Gasteiger partial charge >= 0.3 is 0 Å². The zero-order valence-electron chi connectivity index (χ0n) is 11.7. The summed E-state index contributed by atoms with van der Waals surface area (Å²) in [5.41, 5.74) is -1.35. The molecule has 1 fully saturated rings. The lowest BCUT2D eigenvalue weighted by molar-refractivity contribution is -0.129. The minimum absolute atomic E-state index is 0.360. The van der Waals surface area contributed by atoms with Gasteiger partial charge in [-0.25, -0.2) is 0 Å². The van der Waals surface area contributed by atoms with E-state index >= 15 is 0 Å². The van der Waals surface area contributed by atoms with Gasteiger partial charge in [-0.3, -0.25) is 4.98 Å². The van der Waals surface area contributed by atoms with Gasteiger partial charge in [-0.1, -0.05) is 0 Å². The van der Waals surface area contributed by atoms with E-state index in [4.69, 9.17) is 9.47 Å². The first-order chi connectivity index (χ1) is 8.20. The molecule has 1 N–H and O–H groups in total. The molecule has 4 nitrogen and oxygen atoms in total. The van der Waals surface area contributed by atoms with E-state index in [0.29, 0.717) is 12.2 Å². The van der Waals surface area contributed by atoms with Gasteiger partial charge in [0.05, 0.1) is 24.5 Å². The molecule has 0 amide bonds. The van der Waals surface area contributed by atoms with Gasteiger partial charge in [-0.2, -0.15) is 0 Å². The number of hydrogen-bond acceptors (Lipinski definition) is 4. The molecule has 1 atom stereocenters. The molecule has 1 aliphatic heterocycles. The molecule has 0 aromatic carbocycles. The fourth-order valence-corrected chi connectivity index (χ4v) is 2.85. The van der Waals surface area contributed by atoms with Crippen LogP contribution in [-0.4, -0.2) is 28.4 Å². The number of pyridine rings is 1. The van der Waals surface area contributed by atoms with Gasteiger partial charge in [-0.05, 0) is 33.8 Å². The third-order valence-electron chi connectivity index (χ3n) is 3.64. The third kappa shape index (κ3) is 1.99. The molecule has 0 radical (unpaired) electrons. The summed E-state index contributed by atoms with van der Waals surface area (Å²) < 4.78 is 11.1. The molecule has 0 aliphatic carbocycles. The number of hydrogen-bond donors (Lipinski definition) is 1. The summed E-state index contributed by atoms with van der Waals surface area (Å²) in [5.74, 6) is 0.640. The summed E-state index contributed by atoms with van der Waals surface area (Å²) in [4.78, 5) is 4.12. The molecule has 0 spiro atoms.